The van der Waals surface area contributed by atoms with Crippen molar-refractivity contribution >= 4 is 17.0 Å². The van der Waals surface area contributed by atoms with Crippen LogP contribution in [0.25, 0.3) is 33.4 Å². The van der Waals surface area contributed by atoms with Crippen LogP contribution in [-0.2, 0) is 50.5 Å². The Labute approximate surface area is 273 Å². The van der Waals surface area contributed by atoms with E-state index in [1.54, 1.807) is 0 Å². The normalized spacial score (nSPS) is 13.1. The van der Waals surface area contributed by atoms with E-state index in [9.17, 15) is 26.3 Å². The standard InChI is InChI=1S/C35H32F6.2ClH.Zr/c1-32(2,3)30-18-26-22(16-28(30)20-7-11-24(12-8-20)34(36,37)38)15-23-17-29(31(19-27(23)26)33(4,5)6)21-9-13-25(14-10-21)35(39,40)41;;;/h7-14,16-19H,15H2,1-6H3;2*1H;/q;;;+2/p-2. The summed E-state index contributed by atoms with van der Waals surface area (Å²) in [6.45, 7) is 12.5. The summed E-state index contributed by atoms with van der Waals surface area (Å²) in [5, 5.41) is 0. The Balaban J connectivity index is 0.00000141. The van der Waals surface area contributed by atoms with Gasteiger partial charge >= 0.3 is 50.2 Å². The van der Waals surface area contributed by atoms with Crippen molar-refractivity contribution in [1.29, 1.82) is 0 Å². The minimum atomic E-state index is -4.40. The molecule has 0 aliphatic heterocycles. The molecule has 1 aliphatic carbocycles. The van der Waals surface area contributed by atoms with Gasteiger partial charge in [0.1, 0.15) is 0 Å². The molecule has 232 valence electrons. The summed E-state index contributed by atoms with van der Waals surface area (Å²) in [5.74, 6) is 0. The molecule has 0 saturated heterocycles. The van der Waals surface area contributed by atoms with E-state index in [0.717, 1.165) is 79.9 Å². The van der Waals surface area contributed by atoms with Crippen molar-refractivity contribution in [1.82, 2.24) is 0 Å². The second-order valence-corrected chi connectivity index (χ2v) is 16.7. The third-order valence-electron chi connectivity index (χ3n) is 7.82. The molecule has 1 aliphatic rings. The molecule has 0 radical (unpaired) electrons. The Morgan fingerprint density at radius 1 is 0.500 bits per heavy atom. The minimum absolute atomic E-state index is 0.275. The molecule has 0 saturated carbocycles. The monoisotopic (exact) mass is 726 g/mol. The van der Waals surface area contributed by atoms with Crippen LogP contribution in [0.1, 0.15) is 74.9 Å². The zero-order valence-electron chi connectivity index (χ0n) is 25.2. The van der Waals surface area contributed by atoms with Crippen molar-refractivity contribution < 1.29 is 47.2 Å². The van der Waals surface area contributed by atoms with Crippen molar-refractivity contribution in [2.45, 2.75) is 71.1 Å². The van der Waals surface area contributed by atoms with E-state index in [2.05, 4.69) is 65.8 Å². The number of hydrogen-bond acceptors (Lipinski definition) is 0. The maximum absolute atomic E-state index is 13.2. The van der Waals surface area contributed by atoms with Crippen LogP contribution in [0.2, 0.25) is 0 Å². The van der Waals surface area contributed by atoms with Crippen molar-refractivity contribution in [3.63, 3.8) is 0 Å². The van der Waals surface area contributed by atoms with Gasteiger partial charge in [0.25, 0.3) is 0 Å². The molecule has 0 aromatic heterocycles. The van der Waals surface area contributed by atoms with Crippen LogP contribution < -0.4 is 0 Å². The number of rotatable bonds is 2. The Bertz CT molecular complexity index is 1520. The van der Waals surface area contributed by atoms with Gasteiger partial charge in [-0.2, -0.15) is 26.3 Å². The van der Waals surface area contributed by atoms with Crippen LogP contribution >= 0.6 is 17.0 Å². The molecule has 0 bridgehead atoms. The molecule has 44 heavy (non-hydrogen) atoms. The van der Waals surface area contributed by atoms with Gasteiger partial charge in [0.05, 0.1) is 11.1 Å². The zero-order chi connectivity index (χ0) is 32.8. The molecular formula is C35H32Cl2F6Zr. The van der Waals surface area contributed by atoms with Crippen LogP contribution in [0, 0.1) is 0 Å². The summed E-state index contributed by atoms with van der Waals surface area (Å²) < 4.78 is 79.3. The van der Waals surface area contributed by atoms with E-state index < -0.39 is 44.3 Å². The van der Waals surface area contributed by atoms with Crippen molar-refractivity contribution in [2.75, 3.05) is 0 Å². The van der Waals surface area contributed by atoms with Crippen LogP contribution in [0.4, 0.5) is 26.3 Å². The fourth-order valence-electron chi connectivity index (χ4n) is 5.68. The number of hydrogen-bond donors (Lipinski definition) is 0. The van der Waals surface area contributed by atoms with Crippen LogP contribution in [0.15, 0.2) is 72.8 Å². The predicted octanol–water partition coefficient (Wildman–Crippen LogP) is 12.6. The summed E-state index contributed by atoms with van der Waals surface area (Å²) in [7, 11) is 9.87. The first-order valence-corrected chi connectivity index (χ1v) is 20.3. The Hall–Kier alpha value is -2.08. The molecule has 0 N–H and O–H groups in total. The Morgan fingerprint density at radius 2 is 0.795 bits per heavy atom. The first-order chi connectivity index (χ1) is 20.3. The fourth-order valence-corrected chi connectivity index (χ4v) is 5.68. The van der Waals surface area contributed by atoms with Crippen LogP contribution in [0.5, 0.6) is 0 Å². The molecular weight excluding hydrogens is 697 g/mol. The van der Waals surface area contributed by atoms with Gasteiger partial charge < -0.3 is 0 Å². The SMILES string of the molecule is CC(C)(C)c1cc2c(cc1-c1ccc(C(F)(F)F)cc1)Cc1cc(-c3ccc(C(F)(F)F)cc3)c(C(C)(C)C)cc1-2.[Cl][Zr][Cl]. The quantitative estimate of drug-likeness (QED) is 0.159. The number of benzene rings is 4. The summed E-state index contributed by atoms with van der Waals surface area (Å²) in [5.41, 5.74) is 7.73. The zero-order valence-corrected chi connectivity index (χ0v) is 29.1. The van der Waals surface area contributed by atoms with Crippen LogP contribution in [-0.4, -0.2) is 0 Å². The summed E-state index contributed by atoms with van der Waals surface area (Å²) in [6.07, 6.45) is -8.18. The van der Waals surface area contributed by atoms with Crippen LogP contribution in [0.3, 0.4) is 0 Å². The van der Waals surface area contributed by atoms with Crippen molar-refractivity contribution in [3.8, 4) is 33.4 Å². The molecule has 0 unspecified atom stereocenters. The third kappa shape index (κ3) is 7.48. The van der Waals surface area contributed by atoms with Gasteiger partial charge in [-0.1, -0.05) is 65.8 Å². The molecule has 9 heteroatoms. The Morgan fingerprint density at radius 3 is 1.05 bits per heavy atom. The molecule has 0 nitrogen and oxygen atoms in total. The van der Waals surface area contributed by atoms with Gasteiger partial charge in [0.2, 0.25) is 0 Å². The van der Waals surface area contributed by atoms with Gasteiger partial charge in [-0.25, -0.2) is 0 Å². The predicted molar refractivity (Wildman–Crippen MR) is 165 cm³/mol. The molecule has 0 heterocycles. The summed E-state index contributed by atoms with van der Waals surface area (Å²) in [4.78, 5) is 0. The average molecular weight is 729 g/mol. The van der Waals surface area contributed by atoms with Gasteiger partial charge in [-0.15, -0.1) is 0 Å². The number of alkyl halides is 6. The number of halogens is 8. The molecule has 0 amide bonds. The van der Waals surface area contributed by atoms with Gasteiger partial charge in [-0.3, -0.25) is 0 Å². The summed E-state index contributed by atoms with van der Waals surface area (Å²) in [6, 6.07) is 19.1. The second kappa shape index (κ2) is 12.6. The molecule has 0 atom stereocenters. The van der Waals surface area contributed by atoms with Gasteiger partial charge in [0.15, 0.2) is 0 Å². The topological polar surface area (TPSA) is 0 Å². The third-order valence-corrected chi connectivity index (χ3v) is 7.82. The fraction of sp³-hybridized carbons (Fsp3) is 0.314. The first kappa shape index (κ1) is 34.8. The van der Waals surface area contributed by atoms with E-state index in [-0.39, 0.29) is 10.8 Å². The van der Waals surface area contributed by atoms with E-state index in [1.165, 1.54) is 24.3 Å². The van der Waals surface area contributed by atoms with Gasteiger partial charge in [-0.05, 0) is 121 Å². The van der Waals surface area contributed by atoms with E-state index in [0.29, 0.717) is 6.42 Å². The van der Waals surface area contributed by atoms with E-state index in [1.807, 2.05) is 0 Å². The molecule has 0 fully saturated rings. The van der Waals surface area contributed by atoms with E-state index >= 15 is 0 Å². The van der Waals surface area contributed by atoms with Gasteiger partial charge in [0, 0.05) is 0 Å². The average Bonchev–Trinajstić information content (AvgIpc) is 3.27. The summed E-state index contributed by atoms with van der Waals surface area (Å²) >= 11 is -0.826. The molecule has 4 aromatic carbocycles. The van der Waals surface area contributed by atoms with Crippen molar-refractivity contribution in [3.05, 3.63) is 106 Å². The first-order valence-electron chi connectivity index (χ1n) is 13.9. The molecule has 0 spiro atoms. The molecule has 4 aromatic rings. The Kier molecular flexibility index (Phi) is 9.97. The van der Waals surface area contributed by atoms with E-state index in [4.69, 9.17) is 17.0 Å². The van der Waals surface area contributed by atoms with Crippen molar-refractivity contribution in [2.24, 2.45) is 0 Å². The molecule has 5 rings (SSSR count). The second-order valence-electron chi connectivity index (χ2n) is 13.0. The maximum atomic E-state index is 13.2. The number of fused-ring (bicyclic) bond motifs is 3.